The molecule has 3 N–H and O–H groups in total. The van der Waals surface area contributed by atoms with Crippen molar-refractivity contribution >= 4 is 5.91 Å². The van der Waals surface area contributed by atoms with Crippen LogP contribution in [0.3, 0.4) is 0 Å². The predicted molar refractivity (Wildman–Crippen MR) is 112 cm³/mol. The number of amides is 1. The Hall–Kier alpha value is -2.11. The number of halogens is 6. The zero-order chi connectivity index (χ0) is 25.4. The molecule has 2 aliphatic rings. The third-order valence-corrected chi connectivity index (χ3v) is 6.42. The third kappa shape index (κ3) is 5.92. The molecule has 190 valence electrons. The fourth-order valence-electron chi connectivity index (χ4n) is 4.41. The largest absolute Gasteiger partial charge is 0.416 e. The molecule has 1 aliphatic carbocycles. The summed E-state index contributed by atoms with van der Waals surface area (Å²) in [5.41, 5.74) is -6.20. The van der Waals surface area contributed by atoms with Gasteiger partial charge in [-0.3, -0.25) is 4.79 Å². The Bertz CT molecular complexity index is 885. The normalized spacial score (nSPS) is 24.4. The first-order valence-corrected chi connectivity index (χ1v) is 10.9. The second-order valence-electron chi connectivity index (χ2n) is 9.35. The number of carbonyl (C=O) groups is 1. The lowest BCUT2D eigenvalue weighted by Crippen LogP contribution is -2.53. The van der Waals surface area contributed by atoms with Crippen LogP contribution in [-0.2, 0) is 28.4 Å². The smallest absolute Gasteiger partial charge is 0.389 e. The van der Waals surface area contributed by atoms with E-state index in [1.165, 1.54) is 13.8 Å². The molecule has 0 radical (unpaired) electrons. The highest BCUT2D eigenvalue weighted by Crippen LogP contribution is 2.43. The predicted octanol–water partition coefficient (Wildman–Crippen LogP) is 4.19. The minimum Gasteiger partial charge on any atom is -0.389 e. The molecule has 0 bridgehead atoms. The number of ether oxygens (including phenoxy) is 1. The van der Waals surface area contributed by atoms with Crippen molar-refractivity contribution in [2.45, 2.75) is 69.7 Å². The molecule has 0 spiro atoms. The monoisotopic (exact) mass is 494 g/mol. The average molecular weight is 494 g/mol. The van der Waals surface area contributed by atoms with Crippen LogP contribution in [0.25, 0.3) is 0 Å². The van der Waals surface area contributed by atoms with Gasteiger partial charge in [0.05, 0.1) is 22.1 Å². The van der Waals surface area contributed by atoms with Crippen LogP contribution in [0.5, 0.6) is 0 Å². The average Bonchev–Trinajstić information content (AvgIpc) is 3.16. The summed E-state index contributed by atoms with van der Waals surface area (Å²) in [5.74, 6) is -0.682. The summed E-state index contributed by atoms with van der Waals surface area (Å²) in [4.78, 5) is 13.2. The van der Waals surface area contributed by atoms with Crippen molar-refractivity contribution in [2.24, 2.45) is 5.41 Å². The first-order valence-electron chi connectivity index (χ1n) is 10.9. The maximum atomic E-state index is 13.2. The van der Waals surface area contributed by atoms with Gasteiger partial charge in [-0.05, 0) is 56.9 Å². The van der Waals surface area contributed by atoms with Gasteiger partial charge >= 0.3 is 12.4 Å². The Balaban J connectivity index is 1.77. The number of hydrogen-bond acceptors (Lipinski definition) is 4. The van der Waals surface area contributed by atoms with E-state index < -0.39 is 46.9 Å². The minimum absolute atomic E-state index is 0.0376. The lowest BCUT2D eigenvalue weighted by atomic mass is 9.72. The molecule has 0 saturated carbocycles. The number of hydrogen-bond donors (Lipinski definition) is 3. The van der Waals surface area contributed by atoms with Crippen molar-refractivity contribution in [3.05, 3.63) is 47.0 Å². The molecular formula is C23H28F6N2O3. The molecule has 0 unspecified atom stereocenters. The third-order valence-electron chi connectivity index (χ3n) is 6.42. The molecular weight excluding hydrogens is 466 g/mol. The molecule has 1 saturated heterocycles. The summed E-state index contributed by atoms with van der Waals surface area (Å²) in [7, 11) is 0. The fraction of sp³-hybridized carbons (Fsp3) is 0.609. The van der Waals surface area contributed by atoms with Crippen molar-refractivity contribution in [1.29, 1.82) is 0 Å². The number of benzene rings is 1. The van der Waals surface area contributed by atoms with Crippen LogP contribution < -0.4 is 10.6 Å². The topological polar surface area (TPSA) is 70.6 Å². The van der Waals surface area contributed by atoms with E-state index in [0.29, 0.717) is 25.3 Å². The summed E-state index contributed by atoms with van der Waals surface area (Å²) in [6, 6.07) is 1.13. The zero-order valence-electron chi connectivity index (χ0n) is 18.8. The molecule has 11 heteroatoms. The second-order valence-corrected chi connectivity index (χ2v) is 9.35. The van der Waals surface area contributed by atoms with E-state index in [0.717, 1.165) is 12.8 Å². The maximum Gasteiger partial charge on any atom is 0.416 e. The summed E-state index contributed by atoms with van der Waals surface area (Å²) in [5, 5.41) is 16.7. The minimum atomic E-state index is -4.98. The van der Waals surface area contributed by atoms with Gasteiger partial charge in [-0.15, -0.1) is 0 Å². The summed E-state index contributed by atoms with van der Waals surface area (Å²) in [6.45, 7) is 3.55. The van der Waals surface area contributed by atoms with Crippen LogP contribution in [0.1, 0.15) is 49.8 Å². The van der Waals surface area contributed by atoms with Gasteiger partial charge in [0, 0.05) is 31.8 Å². The van der Waals surface area contributed by atoms with E-state index in [1.54, 1.807) is 12.2 Å². The van der Waals surface area contributed by atoms with E-state index >= 15 is 0 Å². The molecule has 1 aromatic carbocycles. The molecule has 1 amide bonds. The first-order chi connectivity index (χ1) is 15.6. The maximum absolute atomic E-state index is 13.2. The van der Waals surface area contributed by atoms with Gasteiger partial charge < -0.3 is 20.5 Å². The molecule has 0 aromatic heterocycles. The number of aliphatic hydroxyl groups is 1. The van der Waals surface area contributed by atoms with Gasteiger partial charge in [0.25, 0.3) is 0 Å². The van der Waals surface area contributed by atoms with Gasteiger partial charge in [-0.25, -0.2) is 0 Å². The highest BCUT2D eigenvalue weighted by Gasteiger charge is 2.52. The lowest BCUT2D eigenvalue weighted by molar-refractivity contribution is -0.143. The molecule has 3 rings (SSSR count). The summed E-state index contributed by atoms with van der Waals surface area (Å²) in [6.07, 6.45) is -4.86. The van der Waals surface area contributed by atoms with Gasteiger partial charge in [-0.1, -0.05) is 12.2 Å². The van der Waals surface area contributed by atoms with E-state index in [4.69, 9.17) is 4.74 Å². The molecule has 1 aromatic rings. The van der Waals surface area contributed by atoms with E-state index in [2.05, 4.69) is 10.6 Å². The highest BCUT2D eigenvalue weighted by atomic mass is 19.4. The Morgan fingerprint density at radius 1 is 1.06 bits per heavy atom. The van der Waals surface area contributed by atoms with Gasteiger partial charge in [0.1, 0.15) is 0 Å². The number of carbonyl (C=O) groups excluding carboxylic acids is 1. The number of rotatable bonds is 6. The summed E-state index contributed by atoms with van der Waals surface area (Å²) >= 11 is 0. The standard InChI is InChI=1S/C23H28F6N2O3/c1-20(2,33)21(6-3-18(12-21)31-17-4-7-34-8-5-17)19(32)30-13-14-9-15(22(24,25)26)11-16(10-14)23(27,28)29/h3,6,9-11,17-18,31,33H,4-5,7-8,12-13H2,1-2H3,(H,30,32)/t18-,21+/m1/s1. The summed E-state index contributed by atoms with van der Waals surface area (Å²) < 4.78 is 84.1. The Labute approximate surface area is 193 Å². The van der Waals surface area contributed by atoms with E-state index in [-0.39, 0.29) is 30.1 Å². The molecule has 1 heterocycles. The molecule has 1 fully saturated rings. The van der Waals surface area contributed by atoms with Crippen LogP contribution in [0.2, 0.25) is 0 Å². The van der Waals surface area contributed by atoms with Crippen LogP contribution in [0.4, 0.5) is 26.3 Å². The quantitative estimate of drug-likeness (QED) is 0.410. The second kappa shape index (κ2) is 9.50. The van der Waals surface area contributed by atoms with Crippen molar-refractivity contribution in [3.8, 4) is 0 Å². The van der Waals surface area contributed by atoms with Crippen LogP contribution in [0, 0.1) is 5.41 Å². The van der Waals surface area contributed by atoms with Crippen LogP contribution >= 0.6 is 0 Å². The SMILES string of the molecule is CC(C)(O)[C@@]1(C(=O)NCc2cc(C(F)(F)F)cc(C(F)(F)F)c2)C=C[C@@H](NC2CCOCC2)C1. The van der Waals surface area contributed by atoms with E-state index in [9.17, 15) is 36.2 Å². The Morgan fingerprint density at radius 2 is 1.62 bits per heavy atom. The number of nitrogens with one attached hydrogen (secondary N) is 2. The zero-order valence-corrected chi connectivity index (χ0v) is 18.8. The molecule has 5 nitrogen and oxygen atoms in total. The van der Waals surface area contributed by atoms with Gasteiger partial charge in [0.15, 0.2) is 0 Å². The van der Waals surface area contributed by atoms with E-state index in [1.807, 2.05) is 0 Å². The highest BCUT2D eigenvalue weighted by molar-refractivity contribution is 5.86. The lowest BCUT2D eigenvalue weighted by Gasteiger charge is -2.39. The molecule has 1 aliphatic heterocycles. The van der Waals surface area contributed by atoms with Crippen molar-refractivity contribution in [1.82, 2.24) is 10.6 Å². The van der Waals surface area contributed by atoms with Gasteiger partial charge in [0.2, 0.25) is 5.91 Å². The van der Waals surface area contributed by atoms with Crippen molar-refractivity contribution in [2.75, 3.05) is 13.2 Å². The van der Waals surface area contributed by atoms with Crippen LogP contribution in [0.15, 0.2) is 30.4 Å². The molecule has 34 heavy (non-hydrogen) atoms. The molecule has 2 atom stereocenters. The fourth-order valence-corrected chi connectivity index (χ4v) is 4.41. The Kier molecular flexibility index (Phi) is 7.40. The number of alkyl halides is 6. The van der Waals surface area contributed by atoms with Gasteiger partial charge in [-0.2, -0.15) is 26.3 Å². The van der Waals surface area contributed by atoms with Crippen molar-refractivity contribution < 1.29 is 41.0 Å². The first kappa shape index (κ1) is 26.5. The Morgan fingerprint density at radius 3 is 2.12 bits per heavy atom. The van der Waals surface area contributed by atoms with Crippen LogP contribution in [-0.4, -0.2) is 41.9 Å². The van der Waals surface area contributed by atoms with Crippen molar-refractivity contribution in [3.63, 3.8) is 0 Å².